The molecule has 2 amide bonds. The van der Waals surface area contributed by atoms with Crippen molar-refractivity contribution in [3.8, 4) is 6.07 Å². The monoisotopic (exact) mass is 564 g/mol. The zero-order valence-corrected chi connectivity index (χ0v) is 21.8. The van der Waals surface area contributed by atoms with Gasteiger partial charge in [0, 0.05) is 16.9 Å². The van der Waals surface area contributed by atoms with E-state index in [1.165, 1.54) is 16.4 Å². The highest BCUT2D eigenvalue weighted by atomic mass is 32.2. The third-order valence-electron chi connectivity index (χ3n) is 4.97. The first-order valence-corrected chi connectivity index (χ1v) is 13.5. The highest BCUT2D eigenvalue weighted by Gasteiger charge is 2.54. The lowest BCUT2D eigenvalue weighted by Gasteiger charge is -2.49. The Bertz CT molecular complexity index is 1330. The van der Waals surface area contributed by atoms with Gasteiger partial charge in [-0.1, -0.05) is 16.9 Å². The van der Waals surface area contributed by atoms with Crippen molar-refractivity contribution >= 4 is 63.5 Å². The molecule has 0 aromatic carbocycles. The molecular formula is C19H20N10O5S3. The van der Waals surface area contributed by atoms with E-state index in [9.17, 15) is 19.5 Å². The summed E-state index contributed by atoms with van der Waals surface area (Å²) >= 11 is 3.60. The number of hydrogen-bond donors (Lipinski definition) is 3. The Morgan fingerprint density at radius 2 is 2.27 bits per heavy atom. The number of tetrazole rings is 1. The van der Waals surface area contributed by atoms with Crippen LogP contribution >= 0.6 is 34.9 Å². The summed E-state index contributed by atoms with van der Waals surface area (Å²) in [5.74, 6) is -2.03. The summed E-state index contributed by atoms with van der Waals surface area (Å²) in [6, 6.07) is 0.972. The van der Waals surface area contributed by atoms with Crippen molar-refractivity contribution in [2.24, 2.45) is 5.16 Å². The smallest absolute Gasteiger partial charge is 0.352 e. The molecule has 1 unspecified atom stereocenters. The van der Waals surface area contributed by atoms with Crippen LogP contribution in [0, 0.1) is 11.3 Å². The molecular weight excluding hydrogens is 544 g/mol. The molecule has 2 aromatic heterocycles. The molecule has 4 rings (SSSR count). The van der Waals surface area contributed by atoms with Crippen LogP contribution in [0.4, 0.5) is 5.13 Å². The number of nitrogens with zero attached hydrogens (tertiary/aromatic N) is 8. The lowest BCUT2D eigenvalue weighted by molar-refractivity contribution is -0.150. The number of rotatable bonds is 10. The average Bonchev–Trinajstić information content (AvgIpc) is 3.49. The second kappa shape index (κ2) is 11.1. The van der Waals surface area contributed by atoms with Crippen LogP contribution in [0.5, 0.6) is 0 Å². The zero-order chi connectivity index (χ0) is 26.7. The minimum atomic E-state index is -1.26. The molecule has 1 fully saturated rings. The van der Waals surface area contributed by atoms with Crippen LogP contribution in [0.25, 0.3) is 0 Å². The Hall–Kier alpha value is -3.69. The van der Waals surface area contributed by atoms with Gasteiger partial charge in [0.25, 0.3) is 11.8 Å². The average molecular weight is 565 g/mol. The first kappa shape index (κ1) is 26.4. The van der Waals surface area contributed by atoms with E-state index < -0.39 is 29.2 Å². The van der Waals surface area contributed by atoms with Gasteiger partial charge < -0.3 is 21.0 Å². The number of thiazole rings is 1. The summed E-state index contributed by atoms with van der Waals surface area (Å²) in [4.78, 5) is 48.6. The summed E-state index contributed by atoms with van der Waals surface area (Å²) in [5.41, 5.74) is 6.09. The fourth-order valence-corrected chi connectivity index (χ4v) is 6.29. The predicted octanol–water partition coefficient (Wildman–Crippen LogP) is -0.105. The second-order valence-electron chi connectivity index (χ2n) is 7.85. The molecule has 1 saturated heterocycles. The number of thioether (sulfide) groups is 2. The number of oxime groups is 1. The Kier molecular flexibility index (Phi) is 7.94. The highest BCUT2D eigenvalue weighted by molar-refractivity contribution is 8.01. The minimum Gasteiger partial charge on any atom is -0.477 e. The van der Waals surface area contributed by atoms with Gasteiger partial charge in [-0.2, -0.15) is 5.26 Å². The molecule has 4 heterocycles. The number of nitriles is 1. The van der Waals surface area contributed by atoms with E-state index in [-0.39, 0.29) is 40.6 Å². The number of carbonyl (C=O) groups is 3. The molecule has 0 bridgehead atoms. The van der Waals surface area contributed by atoms with Gasteiger partial charge in [0.2, 0.25) is 5.16 Å². The summed E-state index contributed by atoms with van der Waals surface area (Å²) in [5, 5.41) is 37.9. The lowest BCUT2D eigenvalue weighted by Crippen LogP contribution is -2.71. The molecule has 194 valence electrons. The maximum absolute atomic E-state index is 13.0. The number of carbonyl (C=O) groups excluding carboxylic acids is 2. The van der Waals surface area contributed by atoms with E-state index in [1.807, 2.05) is 6.07 Å². The van der Waals surface area contributed by atoms with E-state index in [0.717, 1.165) is 28.0 Å². The van der Waals surface area contributed by atoms with Gasteiger partial charge in [0.15, 0.2) is 10.8 Å². The molecule has 37 heavy (non-hydrogen) atoms. The molecule has 18 heteroatoms. The van der Waals surface area contributed by atoms with Crippen molar-refractivity contribution < 1.29 is 24.3 Å². The molecule has 4 N–H and O–H groups in total. The number of β-lactam (4-membered cyclic amide) rings is 1. The Morgan fingerprint density at radius 3 is 2.92 bits per heavy atom. The van der Waals surface area contributed by atoms with Gasteiger partial charge in [0.05, 0.1) is 6.07 Å². The summed E-state index contributed by atoms with van der Waals surface area (Å²) < 4.78 is 1.29. The predicted molar refractivity (Wildman–Crippen MR) is 133 cm³/mol. The van der Waals surface area contributed by atoms with Crippen molar-refractivity contribution in [1.82, 2.24) is 35.4 Å². The van der Waals surface area contributed by atoms with Gasteiger partial charge in [-0.3, -0.25) is 14.5 Å². The Balaban J connectivity index is 1.49. The molecule has 2 aliphatic heterocycles. The highest BCUT2D eigenvalue weighted by Crippen LogP contribution is 2.41. The number of fused-ring (bicyclic) bond motifs is 1. The van der Waals surface area contributed by atoms with Gasteiger partial charge in [-0.25, -0.2) is 14.5 Å². The number of nitrogen functional groups attached to an aromatic ring is 1. The first-order valence-electron chi connectivity index (χ1n) is 10.6. The number of nitrogens with two attached hydrogens (primary N) is 1. The van der Waals surface area contributed by atoms with E-state index in [2.05, 4.69) is 31.0 Å². The first-order chi connectivity index (χ1) is 17.7. The largest absolute Gasteiger partial charge is 0.477 e. The summed E-state index contributed by atoms with van der Waals surface area (Å²) in [6.45, 7) is 3.42. The van der Waals surface area contributed by atoms with Crippen LogP contribution in [-0.2, 0) is 25.8 Å². The number of aliphatic carboxylic acids is 1. The SMILES string of the molecule is CC(C)ON=C(C(=O)NC1C(=O)N2C(C(=O)O)=C(CSc3nnnn3CC#N)CS[C@@H]12)c1csc(N)n1. The number of carboxylic acids is 1. The van der Waals surface area contributed by atoms with Crippen LogP contribution in [0.1, 0.15) is 19.5 Å². The van der Waals surface area contributed by atoms with Crippen LogP contribution in [-0.4, -0.2) is 87.7 Å². The molecule has 0 saturated carbocycles. The Morgan fingerprint density at radius 1 is 1.49 bits per heavy atom. The summed E-state index contributed by atoms with van der Waals surface area (Å²) in [7, 11) is 0. The van der Waals surface area contributed by atoms with Crippen LogP contribution in [0.3, 0.4) is 0 Å². The number of hydrogen-bond acceptors (Lipinski definition) is 14. The molecule has 0 spiro atoms. The van der Waals surface area contributed by atoms with Crippen LogP contribution < -0.4 is 11.1 Å². The van der Waals surface area contributed by atoms with Crippen LogP contribution in [0.2, 0.25) is 0 Å². The van der Waals surface area contributed by atoms with Gasteiger partial charge >= 0.3 is 5.97 Å². The zero-order valence-electron chi connectivity index (χ0n) is 19.4. The normalized spacial score (nSPS) is 19.4. The van der Waals surface area contributed by atoms with Gasteiger partial charge in [-0.05, 0) is 29.8 Å². The molecule has 2 aromatic rings. The van der Waals surface area contributed by atoms with Gasteiger partial charge in [-0.15, -0.1) is 28.2 Å². The molecule has 0 radical (unpaired) electrons. The summed E-state index contributed by atoms with van der Waals surface area (Å²) in [6.07, 6.45) is -0.308. The lowest BCUT2D eigenvalue weighted by atomic mass is 10.0. The number of aromatic nitrogens is 5. The maximum atomic E-state index is 13.0. The third kappa shape index (κ3) is 5.52. The second-order valence-corrected chi connectivity index (χ2v) is 10.8. The Labute approximate surface area is 222 Å². The van der Waals surface area contributed by atoms with E-state index >= 15 is 0 Å². The van der Waals surface area contributed by atoms with Crippen molar-refractivity contribution in [2.45, 2.75) is 43.1 Å². The number of amides is 2. The molecule has 2 aliphatic rings. The van der Waals surface area contributed by atoms with E-state index in [4.69, 9.17) is 15.8 Å². The third-order valence-corrected chi connectivity index (χ3v) is 8.02. The fraction of sp³-hybridized carbons (Fsp3) is 0.421. The van der Waals surface area contributed by atoms with Crippen molar-refractivity contribution in [2.75, 3.05) is 17.2 Å². The topological polar surface area (TPSA) is 215 Å². The maximum Gasteiger partial charge on any atom is 0.352 e. The number of anilines is 1. The van der Waals surface area contributed by atoms with Crippen molar-refractivity contribution in [1.29, 1.82) is 5.26 Å². The minimum absolute atomic E-state index is 0.0516. The fourth-order valence-electron chi connectivity index (χ4n) is 3.38. The van der Waals surface area contributed by atoms with E-state index in [0.29, 0.717) is 16.5 Å². The molecule has 0 aliphatic carbocycles. The number of nitrogens with one attached hydrogen (secondary N) is 1. The van der Waals surface area contributed by atoms with Crippen molar-refractivity contribution in [3.05, 3.63) is 22.3 Å². The standard InChI is InChI=1S/C19H20N10O5S3/c1-8(2)34-25-11(10-7-36-18(21)22-10)14(30)23-12-15(31)29-13(17(32)33)9(5-35-16(12)29)6-37-19-24-26-27-28(19)4-3-20/h7-8,12,16H,4-6H2,1-2H3,(H2,21,22)(H,23,30)(H,32,33)/t12?,16-/m0/s1. The van der Waals surface area contributed by atoms with Crippen LogP contribution in [0.15, 0.2) is 27.0 Å². The quantitative estimate of drug-likeness (QED) is 0.149. The van der Waals surface area contributed by atoms with Gasteiger partial charge in [0.1, 0.15) is 35.5 Å². The molecule has 15 nitrogen and oxygen atoms in total. The van der Waals surface area contributed by atoms with E-state index in [1.54, 1.807) is 19.2 Å². The molecule has 2 atom stereocenters. The van der Waals surface area contributed by atoms with Crippen molar-refractivity contribution in [3.63, 3.8) is 0 Å². The number of carboxylic acid groups (broad SMARTS) is 1.